The summed E-state index contributed by atoms with van der Waals surface area (Å²) in [6.07, 6.45) is 2.33. The molecular weight excluding hydrogens is 300 g/mol. The van der Waals surface area contributed by atoms with Gasteiger partial charge in [0.15, 0.2) is 0 Å². The number of piperidine rings is 1. The molecule has 0 N–H and O–H groups in total. The van der Waals surface area contributed by atoms with Crippen LogP contribution >= 0.6 is 0 Å². The Morgan fingerprint density at radius 1 is 1.25 bits per heavy atom. The summed E-state index contributed by atoms with van der Waals surface area (Å²) in [7, 11) is 4.15. The molecule has 0 radical (unpaired) electrons. The molecule has 2 heterocycles. The van der Waals surface area contributed by atoms with Crippen molar-refractivity contribution in [3.05, 3.63) is 35.7 Å². The monoisotopic (exact) mass is 328 g/mol. The van der Waals surface area contributed by atoms with E-state index in [0.29, 0.717) is 17.8 Å². The van der Waals surface area contributed by atoms with E-state index in [9.17, 15) is 0 Å². The maximum absolute atomic E-state index is 5.59. The van der Waals surface area contributed by atoms with E-state index in [-0.39, 0.29) is 0 Å². The largest absolute Gasteiger partial charge is 0.339 e. The van der Waals surface area contributed by atoms with E-state index in [2.05, 4.69) is 72.1 Å². The number of aromatic nitrogens is 2. The number of likely N-dealkylation sites (tertiary alicyclic amines) is 1. The van der Waals surface area contributed by atoms with Gasteiger partial charge in [0.05, 0.1) is 5.92 Å². The van der Waals surface area contributed by atoms with Crippen LogP contribution in [-0.4, -0.2) is 53.2 Å². The van der Waals surface area contributed by atoms with Gasteiger partial charge in [-0.3, -0.25) is 0 Å². The van der Waals surface area contributed by atoms with Crippen molar-refractivity contribution in [1.29, 1.82) is 0 Å². The minimum atomic E-state index is 0.357. The number of hydrogen-bond acceptors (Lipinski definition) is 5. The van der Waals surface area contributed by atoms with E-state index in [1.807, 2.05) is 0 Å². The van der Waals surface area contributed by atoms with Gasteiger partial charge in [0.25, 0.3) is 0 Å². The molecular formula is C19H28N4O. The molecule has 130 valence electrons. The third-order valence-electron chi connectivity index (χ3n) is 4.69. The van der Waals surface area contributed by atoms with Gasteiger partial charge >= 0.3 is 0 Å². The maximum Gasteiger partial charge on any atom is 0.231 e. The minimum absolute atomic E-state index is 0.357. The van der Waals surface area contributed by atoms with Crippen molar-refractivity contribution < 1.29 is 4.52 Å². The van der Waals surface area contributed by atoms with Gasteiger partial charge in [-0.15, -0.1) is 0 Å². The Bertz CT molecular complexity index is 648. The summed E-state index contributed by atoms with van der Waals surface area (Å²) >= 11 is 0. The second-order valence-corrected chi connectivity index (χ2v) is 7.32. The van der Waals surface area contributed by atoms with Gasteiger partial charge < -0.3 is 14.3 Å². The topological polar surface area (TPSA) is 45.4 Å². The fourth-order valence-corrected chi connectivity index (χ4v) is 3.32. The Kier molecular flexibility index (Phi) is 5.31. The van der Waals surface area contributed by atoms with Crippen molar-refractivity contribution >= 4 is 0 Å². The van der Waals surface area contributed by atoms with Crippen LogP contribution in [0.4, 0.5) is 0 Å². The van der Waals surface area contributed by atoms with Crippen molar-refractivity contribution in [2.45, 2.75) is 45.2 Å². The van der Waals surface area contributed by atoms with Crippen LogP contribution in [0.5, 0.6) is 0 Å². The molecule has 0 spiro atoms. The quantitative estimate of drug-likeness (QED) is 0.842. The Morgan fingerprint density at radius 2 is 2.00 bits per heavy atom. The smallest absolute Gasteiger partial charge is 0.231 e. The lowest BCUT2D eigenvalue weighted by Crippen LogP contribution is -2.39. The summed E-state index contributed by atoms with van der Waals surface area (Å²) < 4.78 is 5.59. The van der Waals surface area contributed by atoms with E-state index in [0.717, 1.165) is 31.0 Å². The predicted octanol–water partition coefficient (Wildman–Crippen LogP) is 3.39. The predicted molar refractivity (Wildman–Crippen MR) is 95.8 cm³/mol. The average molecular weight is 328 g/mol. The van der Waals surface area contributed by atoms with Crippen LogP contribution in [0.1, 0.15) is 44.1 Å². The van der Waals surface area contributed by atoms with Crippen LogP contribution < -0.4 is 0 Å². The summed E-state index contributed by atoms with van der Waals surface area (Å²) in [5.41, 5.74) is 2.30. The van der Waals surface area contributed by atoms with Gasteiger partial charge in [-0.05, 0) is 52.9 Å². The molecule has 5 nitrogen and oxygen atoms in total. The molecule has 1 fully saturated rings. The molecule has 1 unspecified atom stereocenters. The first-order valence-corrected chi connectivity index (χ1v) is 8.84. The first-order chi connectivity index (χ1) is 11.5. The highest BCUT2D eigenvalue weighted by molar-refractivity contribution is 5.54. The third kappa shape index (κ3) is 4.02. The molecule has 2 aromatic rings. The number of rotatable bonds is 5. The molecule has 1 atom stereocenters. The molecule has 1 aliphatic rings. The molecule has 1 aromatic heterocycles. The summed E-state index contributed by atoms with van der Waals surface area (Å²) in [6, 6.07) is 8.99. The van der Waals surface area contributed by atoms with E-state index in [1.54, 1.807) is 0 Å². The Labute approximate surface area is 144 Å². The lowest BCUT2D eigenvalue weighted by Gasteiger charge is -2.33. The zero-order valence-electron chi connectivity index (χ0n) is 15.2. The maximum atomic E-state index is 5.59. The number of nitrogens with zero attached hydrogens (tertiary/aromatic N) is 4. The normalized spacial score (nSPS) is 19.3. The van der Waals surface area contributed by atoms with Crippen LogP contribution in [0.25, 0.3) is 11.4 Å². The molecule has 5 heteroatoms. The summed E-state index contributed by atoms with van der Waals surface area (Å²) in [6.45, 7) is 7.61. The molecule has 1 saturated heterocycles. The first-order valence-electron chi connectivity index (χ1n) is 8.84. The Balaban J connectivity index is 1.71. The summed E-state index contributed by atoms with van der Waals surface area (Å²) in [4.78, 5) is 9.33. The second-order valence-electron chi connectivity index (χ2n) is 7.32. The molecule has 0 aliphatic carbocycles. The van der Waals surface area contributed by atoms with Crippen molar-refractivity contribution in [3.63, 3.8) is 0 Å². The zero-order chi connectivity index (χ0) is 17.1. The summed E-state index contributed by atoms with van der Waals surface area (Å²) in [5.74, 6) is 1.84. The fourth-order valence-electron chi connectivity index (χ4n) is 3.32. The Hall–Kier alpha value is -1.72. The van der Waals surface area contributed by atoms with E-state index >= 15 is 0 Å². The van der Waals surface area contributed by atoms with Crippen molar-refractivity contribution in [2.24, 2.45) is 0 Å². The minimum Gasteiger partial charge on any atom is -0.339 e. The zero-order valence-corrected chi connectivity index (χ0v) is 15.2. The van der Waals surface area contributed by atoms with Crippen LogP contribution in [0.2, 0.25) is 0 Å². The Morgan fingerprint density at radius 3 is 2.67 bits per heavy atom. The highest BCUT2D eigenvalue weighted by Gasteiger charge is 2.27. The lowest BCUT2D eigenvalue weighted by atomic mass is 9.97. The van der Waals surface area contributed by atoms with Crippen LogP contribution in [0, 0.1) is 0 Å². The molecule has 0 bridgehead atoms. The molecule has 0 saturated carbocycles. The van der Waals surface area contributed by atoms with Crippen LogP contribution in [-0.2, 0) is 6.54 Å². The second kappa shape index (κ2) is 7.45. The number of hydrogen-bond donors (Lipinski definition) is 0. The van der Waals surface area contributed by atoms with Gasteiger partial charge in [0.2, 0.25) is 11.7 Å². The van der Waals surface area contributed by atoms with Gasteiger partial charge in [0, 0.05) is 24.7 Å². The number of benzene rings is 1. The van der Waals surface area contributed by atoms with Crippen molar-refractivity contribution in [1.82, 2.24) is 19.9 Å². The van der Waals surface area contributed by atoms with Crippen LogP contribution in [0.3, 0.4) is 0 Å². The van der Waals surface area contributed by atoms with E-state index < -0.39 is 0 Å². The van der Waals surface area contributed by atoms with Gasteiger partial charge in [0.1, 0.15) is 0 Å². The lowest BCUT2D eigenvalue weighted by molar-refractivity contribution is 0.153. The molecule has 24 heavy (non-hydrogen) atoms. The fraction of sp³-hybridized carbons (Fsp3) is 0.579. The SMILES string of the molecule is CC(C)N1CCCC(c2nc(-c3ccc(CN(C)C)cc3)no2)C1. The third-order valence-corrected chi connectivity index (χ3v) is 4.69. The standard InChI is InChI=1S/C19H28N4O/c1-14(2)23-11-5-6-17(13-23)19-20-18(21-24-19)16-9-7-15(8-10-16)12-22(3)4/h7-10,14,17H,5-6,11-13H2,1-4H3. The highest BCUT2D eigenvalue weighted by atomic mass is 16.5. The average Bonchev–Trinajstić information content (AvgIpc) is 3.05. The molecule has 0 amide bonds. The van der Waals surface area contributed by atoms with Gasteiger partial charge in [-0.25, -0.2) is 0 Å². The molecule has 3 rings (SSSR count). The molecule has 1 aliphatic heterocycles. The molecule has 1 aromatic carbocycles. The highest BCUT2D eigenvalue weighted by Crippen LogP contribution is 2.28. The van der Waals surface area contributed by atoms with E-state index in [1.165, 1.54) is 18.5 Å². The van der Waals surface area contributed by atoms with E-state index in [4.69, 9.17) is 4.52 Å². The van der Waals surface area contributed by atoms with Gasteiger partial charge in [-0.2, -0.15) is 4.98 Å². The first kappa shape index (κ1) is 17.1. The van der Waals surface area contributed by atoms with Crippen LogP contribution in [0.15, 0.2) is 28.8 Å². The van der Waals surface area contributed by atoms with Gasteiger partial charge in [-0.1, -0.05) is 29.4 Å². The summed E-state index contributed by atoms with van der Waals surface area (Å²) in [5, 5.41) is 4.21. The van der Waals surface area contributed by atoms with Crippen molar-refractivity contribution in [3.8, 4) is 11.4 Å². The van der Waals surface area contributed by atoms with Crippen molar-refractivity contribution in [2.75, 3.05) is 27.2 Å².